The first-order valence-corrected chi connectivity index (χ1v) is 4.53. The molecule has 0 spiro atoms. The summed E-state index contributed by atoms with van der Waals surface area (Å²) < 4.78 is 5.00. The Balaban J connectivity index is 2.15. The highest BCUT2D eigenvalue weighted by molar-refractivity contribution is 5.76. The monoisotopic (exact) mass is 196 g/mol. The van der Waals surface area contributed by atoms with Gasteiger partial charge < -0.3 is 14.7 Å². The summed E-state index contributed by atoms with van der Waals surface area (Å²) in [6.45, 7) is 4.99. The van der Waals surface area contributed by atoms with Crippen molar-refractivity contribution in [1.29, 1.82) is 0 Å². The van der Waals surface area contributed by atoms with E-state index in [0.29, 0.717) is 24.8 Å². The van der Waals surface area contributed by atoms with Gasteiger partial charge in [0.25, 0.3) is 0 Å². The second kappa shape index (κ2) is 3.28. The SMILES string of the molecule is Cc1noc(C(C)N2CCNC2=O)n1. The van der Waals surface area contributed by atoms with Crippen LogP contribution >= 0.6 is 0 Å². The van der Waals surface area contributed by atoms with Crippen LogP contribution in [0.25, 0.3) is 0 Å². The zero-order chi connectivity index (χ0) is 10.1. The zero-order valence-electron chi connectivity index (χ0n) is 8.15. The summed E-state index contributed by atoms with van der Waals surface area (Å²) in [5.41, 5.74) is 0. The quantitative estimate of drug-likeness (QED) is 0.746. The zero-order valence-corrected chi connectivity index (χ0v) is 8.15. The van der Waals surface area contributed by atoms with Crippen molar-refractivity contribution >= 4 is 6.03 Å². The van der Waals surface area contributed by atoms with E-state index < -0.39 is 0 Å². The van der Waals surface area contributed by atoms with Gasteiger partial charge in [-0.05, 0) is 13.8 Å². The molecule has 2 heterocycles. The number of aryl methyl sites for hydroxylation is 1. The Kier molecular flexibility index (Phi) is 2.11. The van der Waals surface area contributed by atoms with Crippen molar-refractivity contribution in [3.8, 4) is 0 Å². The standard InChI is InChI=1S/C8H12N4O2/c1-5(7-10-6(2)11-14-7)12-4-3-9-8(12)13/h5H,3-4H2,1-2H3,(H,9,13). The third kappa shape index (κ3) is 1.43. The van der Waals surface area contributed by atoms with Crippen LogP contribution in [0.2, 0.25) is 0 Å². The van der Waals surface area contributed by atoms with Gasteiger partial charge >= 0.3 is 6.03 Å². The molecule has 6 nitrogen and oxygen atoms in total. The van der Waals surface area contributed by atoms with Gasteiger partial charge in [0.2, 0.25) is 5.89 Å². The van der Waals surface area contributed by atoms with E-state index >= 15 is 0 Å². The fourth-order valence-electron chi connectivity index (χ4n) is 1.47. The number of rotatable bonds is 2. The van der Waals surface area contributed by atoms with Gasteiger partial charge in [0.1, 0.15) is 6.04 Å². The Bertz CT molecular complexity index is 349. The number of hydrogen-bond acceptors (Lipinski definition) is 4. The molecule has 1 N–H and O–H groups in total. The largest absolute Gasteiger partial charge is 0.337 e. The summed E-state index contributed by atoms with van der Waals surface area (Å²) >= 11 is 0. The number of urea groups is 1. The first kappa shape index (κ1) is 8.98. The molecule has 0 saturated carbocycles. The molecule has 1 aliphatic heterocycles. The Morgan fingerprint density at radius 1 is 1.64 bits per heavy atom. The van der Waals surface area contributed by atoms with Gasteiger partial charge in [-0.25, -0.2) is 4.79 Å². The normalized spacial score (nSPS) is 18.4. The van der Waals surface area contributed by atoms with Crippen molar-refractivity contribution in [3.63, 3.8) is 0 Å². The van der Waals surface area contributed by atoms with E-state index in [0.717, 1.165) is 0 Å². The van der Waals surface area contributed by atoms with Crippen LogP contribution in [0.3, 0.4) is 0 Å². The molecule has 1 aromatic rings. The van der Waals surface area contributed by atoms with E-state index in [1.165, 1.54) is 0 Å². The summed E-state index contributed by atoms with van der Waals surface area (Å²) in [6.07, 6.45) is 0. The second-order valence-corrected chi connectivity index (χ2v) is 3.28. The van der Waals surface area contributed by atoms with Crippen LogP contribution in [0.5, 0.6) is 0 Å². The van der Waals surface area contributed by atoms with Crippen LogP contribution in [0.4, 0.5) is 4.79 Å². The van der Waals surface area contributed by atoms with Gasteiger partial charge in [-0.3, -0.25) is 0 Å². The van der Waals surface area contributed by atoms with Gasteiger partial charge in [-0.15, -0.1) is 0 Å². The minimum Gasteiger partial charge on any atom is -0.337 e. The molecule has 1 saturated heterocycles. The molecule has 6 heteroatoms. The second-order valence-electron chi connectivity index (χ2n) is 3.28. The highest BCUT2D eigenvalue weighted by atomic mass is 16.5. The van der Waals surface area contributed by atoms with Crippen molar-refractivity contribution in [2.24, 2.45) is 0 Å². The Hall–Kier alpha value is -1.59. The molecule has 0 aromatic carbocycles. The lowest BCUT2D eigenvalue weighted by atomic mass is 10.3. The first-order chi connectivity index (χ1) is 6.68. The molecular formula is C8H12N4O2. The van der Waals surface area contributed by atoms with E-state index in [1.807, 2.05) is 6.92 Å². The van der Waals surface area contributed by atoms with Crippen molar-refractivity contribution in [1.82, 2.24) is 20.4 Å². The lowest BCUT2D eigenvalue weighted by Gasteiger charge is -2.18. The Morgan fingerprint density at radius 2 is 2.43 bits per heavy atom. The molecule has 1 aromatic heterocycles. The molecule has 76 valence electrons. The third-order valence-corrected chi connectivity index (χ3v) is 2.26. The Morgan fingerprint density at radius 3 is 2.93 bits per heavy atom. The molecule has 1 aliphatic rings. The summed E-state index contributed by atoms with van der Waals surface area (Å²) in [5, 5.41) is 6.41. The lowest BCUT2D eigenvalue weighted by Crippen LogP contribution is -2.30. The molecule has 14 heavy (non-hydrogen) atoms. The van der Waals surface area contributed by atoms with Crippen molar-refractivity contribution < 1.29 is 9.32 Å². The predicted octanol–water partition coefficient (Wildman–Crippen LogP) is 0.464. The fourth-order valence-corrected chi connectivity index (χ4v) is 1.47. The number of carbonyl (C=O) groups excluding carboxylic acids is 1. The molecule has 1 atom stereocenters. The van der Waals surface area contributed by atoms with E-state index in [9.17, 15) is 4.79 Å². The van der Waals surface area contributed by atoms with Crippen LogP contribution in [0.1, 0.15) is 24.7 Å². The topological polar surface area (TPSA) is 71.3 Å². The maximum atomic E-state index is 11.3. The third-order valence-electron chi connectivity index (χ3n) is 2.26. The number of nitrogens with one attached hydrogen (secondary N) is 1. The number of amides is 2. The van der Waals surface area contributed by atoms with E-state index in [4.69, 9.17) is 4.52 Å². The molecule has 0 radical (unpaired) electrons. The first-order valence-electron chi connectivity index (χ1n) is 4.53. The van der Waals surface area contributed by atoms with Crippen LogP contribution in [-0.2, 0) is 0 Å². The maximum absolute atomic E-state index is 11.3. The minimum atomic E-state index is -0.154. The summed E-state index contributed by atoms with van der Waals surface area (Å²) in [7, 11) is 0. The Labute approximate surface area is 81.3 Å². The average molecular weight is 196 g/mol. The number of hydrogen-bond donors (Lipinski definition) is 1. The van der Waals surface area contributed by atoms with Crippen molar-refractivity contribution in [3.05, 3.63) is 11.7 Å². The van der Waals surface area contributed by atoms with E-state index in [-0.39, 0.29) is 12.1 Å². The summed E-state index contributed by atoms with van der Waals surface area (Å²) in [6, 6.07) is -0.230. The van der Waals surface area contributed by atoms with Gasteiger partial charge in [-0.2, -0.15) is 4.98 Å². The minimum absolute atomic E-state index is 0.0756. The van der Waals surface area contributed by atoms with Crippen LogP contribution in [-0.4, -0.2) is 34.2 Å². The van der Waals surface area contributed by atoms with Gasteiger partial charge in [0, 0.05) is 13.1 Å². The van der Waals surface area contributed by atoms with Gasteiger partial charge in [-0.1, -0.05) is 5.16 Å². The van der Waals surface area contributed by atoms with Crippen LogP contribution in [0, 0.1) is 6.92 Å². The van der Waals surface area contributed by atoms with Crippen LogP contribution < -0.4 is 5.32 Å². The van der Waals surface area contributed by atoms with Crippen molar-refractivity contribution in [2.45, 2.75) is 19.9 Å². The number of carbonyl (C=O) groups is 1. The average Bonchev–Trinajstić information content (AvgIpc) is 2.73. The van der Waals surface area contributed by atoms with Crippen molar-refractivity contribution in [2.75, 3.05) is 13.1 Å². The predicted molar refractivity (Wildman–Crippen MR) is 47.6 cm³/mol. The molecular weight excluding hydrogens is 184 g/mol. The van der Waals surface area contributed by atoms with Crippen LogP contribution in [0.15, 0.2) is 4.52 Å². The molecule has 1 fully saturated rings. The van der Waals surface area contributed by atoms with Gasteiger partial charge in [0.05, 0.1) is 0 Å². The highest BCUT2D eigenvalue weighted by Crippen LogP contribution is 2.19. The van der Waals surface area contributed by atoms with E-state index in [1.54, 1.807) is 11.8 Å². The van der Waals surface area contributed by atoms with Gasteiger partial charge in [0.15, 0.2) is 5.82 Å². The molecule has 0 bridgehead atoms. The highest BCUT2D eigenvalue weighted by Gasteiger charge is 2.28. The number of aromatic nitrogens is 2. The fraction of sp³-hybridized carbons (Fsp3) is 0.625. The van der Waals surface area contributed by atoms with E-state index in [2.05, 4.69) is 15.5 Å². The maximum Gasteiger partial charge on any atom is 0.318 e. The number of nitrogens with zero attached hydrogens (tertiary/aromatic N) is 3. The lowest BCUT2D eigenvalue weighted by molar-refractivity contribution is 0.188. The molecule has 2 amide bonds. The molecule has 0 aliphatic carbocycles. The summed E-state index contributed by atoms with van der Waals surface area (Å²) in [4.78, 5) is 17.1. The molecule has 1 unspecified atom stereocenters. The smallest absolute Gasteiger partial charge is 0.318 e. The summed E-state index contributed by atoms with van der Waals surface area (Å²) in [5.74, 6) is 1.08. The molecule has 2 rings (SSSR count).